The fraction of sp³-hybridized carbons (Fsp3) is 0.467. The number of rotatable bonds is 2. The predicted octanol–water partition coefficient (Wildman–Crippen LogP) is 1.29. The standard InChI is InChI=1S/C15H17N3O3/c19-14(20)10-2-1-3-11-13(10)18(15(21)16-11)12-8-17-6-4-9(12)5-7-17/h1-3,9,12H,4-8H2,(H,16,21)(H,19,20). The van der Waals surface area contributed by atoms with Crippen molar-refractivity contribution in [2.24, 2.45) is 5.92 Å². The Hall–Kier alpha value is -2.08. The van der Waals surface area contributed by atoms with Gasteiger partial charge in [0.15, 0.2) is 0 Å². The molecule has 6 heteroatoms. The van der Waals surface area contributed by atoms with Crippen LogP contribution in [-0.4, -0.2) is 45.2 Å². The number of hydrogen-bond donors (Lipinski definition) is 2. The zero-order valence-corrected chi connectivity index (χ0v) is 11.6. The third kappa shape index (κ3) is 1.82. The van der Waals surface area contributed by atoms with Crippen LogP contribution in [0.25, 0.3) is 11.0 Å². The number of carbonyl (C=O) groups is 1. The van der Waals surface area contributed by atoms with Crippen LogP contribution in [0.4, 0.5) is 0 Å². The minimum atomic E-state index is -0.991. The lowest BCUT2D eigenvalue weighted by Crippen LogP contribution is -2.49. The largest absolute Gasteiger partial charge is 0.478 e. The number of imidazole rings is 1. The topological polar surface area (TPSA) is 78.3 Å². The first-order valence-corrected chi connectivity index (χ1v) is 7.34. The molecule has 3 aliphatic rings. The van der Waals surface area contributed by atoms with Gasteiger partial charge < -0.3 is 15.0 Å². The number of benzene rings is 1. The van der Waals surface area contributed by atoms with Crippen molar-refractivity contribution in [1.82, 2.24) is 14.5 Å². The van der Waals surface area contributed by atoms with Crippen molar-refractivity contribution >= 4 is 17.0 Å². The van der Waals surface area contributed by atoms with E-state index in [4.69, 9.17) is 0 Å². The highest BCUT2D eigenvalue weighted by atomic mass is 16.4. The van der Waals surface area contributed by atoms with E-state index in [2.05, 4.69) is 9.88 Å². The average Bonchev–Trinajstić information content (AvgIpc) is 2.83. The zero-order chi connectivity index (χ0) is 14.6. The normalized spacial score (nSPS) is 28.1. The van der Waals surface area contributed by atoms with E-state index >= 15 is 0 Å². The van der Waals surface area contributed by atoms with Crippen LogP contribution in [0, 0.1) is 5.92 Å². The highest BCUT2D eigenvalue weighted by Crippen LogP contribution is 2.36. The molecule has 6 nitrogen and oxygen atoms in total. The van der Waals surface area contributed by atoms with Crippen LogP contribution in [0.3, 0.4) is 0 Å². The van der Waals surface area contributed by atoms with Gasteiger partial charge in [-0.15, -0.1) is 0 Å². The molecule has 3 fully saturated rings. The molecule has 0 radical (unpaired) electrons. The number of nitrogens with zero attached hydrogens (tertiary/aromatic N) is 2. The highest BCUT2D eigenvalue weighted by molar-refractivity contribution is 6.01. The smallest absolute Gasteiger partial charge is 0.337 e. The Bertz CT molecular complexity index is 768. The first-order valence-electron chi connectivity index (χ1n) is 7.34. The third-order valence-corrected chi connectivity index (χ3v) is 4.92. The molecule has 3 saturated heterocycles. The minimum Gasteiger partial charge on any atom is -0.478 e. The minimum absolute atomic E-state index is 0.0780. The van der Waals surface area contributed by atoms with E-state index in [-0.39, 0.29) is 17.3 Å². The van der Waals surface area contributed by atoms with Crippen LogP contribution in [0.2, 0.25) is 0 Å². The van der Waals surface area contributed by atoms with Crippen LogP contribution in [0.5, 0.6) is 0 Å². The summed E-state index contributed by atoms with van der Waals surface area (Å²) >= 11 is 0. The molecule has 3 aliphatic heterocycles. The highest BCUT2D eigenvalue weighted by Gasteiger charge is 2.37. The number of fused-ring (bicyclic) bond motifs is 4. The summed E-state index contributed by atoms with van der Waals surface area (Å²) in [5.74, 6) is -0.525. The van der Waals surface area contributed by atoms with Gasteiger partial charge in [-0.3, -0.25) is 4.57 Å². The monoisotopic (exact) mass is 287 g/mol. The molecule has 1 unspecified atom stereocenters. The van der Waals surface area contributed by atoms with E-state index in [1.807, 2.05) is 0 Å². The van der Waals surface area contributed by atoms with Crippen molar-refractivity contribution in [3.8, 4) is 0 Å². The third-order valence-electron chi connectivity index (χ3n) is 4.92. The summed E-state index contributed by atoms with van der Waals surface area (Å²) < 4.78 is 1.69. The number of nitrogens with one attached hydrogen (secondary N) is 1. The molecule has 0 amide bonds. The second-order valence-corrected chi connectivity index (χ2v) is 6.01. The molecule has 1 atom stereocenters. The fourth-order valence-electron chi connectivity index (χ4n) is 3.90. The zero-order valence-electron chi connectivity index (χ0n) is 11.6. The molecule has 2 bridgehead atoms. The maximum absolute atomic E-state index is 12.4. The van der Waals surface area contributed by atoms with Gasteiger partial charge in [-0.1, -0.05) is 6.07 Å². The molecule has 21 heavy (non-hydrogen) atoms. The summed E-state index contributed by atoms with van der Waals surface area (Å²) in [5, 5.41) is 9.41. The Labute approximate surface area is 121 Å². The van der Waals surface area contributed by atoms with Crippen LogP contribution >= 0.6 is 0 Å². The summed E-state index contributed by atoms with van der Waals surface area (Å²) in [6, 6.07) is 5.08. The number of aromatic carboxylic acids is 1. The van der Waals surface area contributed by atoms with E-state index in [0.29, 0.717) is 17.0 Å². The summed E-state index contributed by atoms with van der Waals surface area (Å²) in [6.07, 6.45) is 2.16. The molecule has 1 aromatic heterocycles. The summed E-state index contributed by atoms with van der Waals surface area (Å²) in [5.41, 5.74) is 1.14. The summed E-state index contributed by atoms with van der Waals surface area (Å²) in [6.45, 7) is 3.01. The predicted molar refractivity (Wildman–Crippen MR) is 77.7 cm³/mol. The SMILES string of the molecule is O=C(O)c1cccc2[nH]c(=O)n(C3CN4CCC3CC4)c12. The molecule has 110 valence electrons. The van der Waals surface area contributed by atoms with Gasteiger partial charge >= 0.3 is 11.7 Å². The lowest BCUT2D eigenvalue weighted by Gasteiger charge is -2.45. The quantitative estimate of drug-likeness (QED) is 0.872. The average molecular weight is 287 g/mol. The molecule has 5 rings (SSSR count). The number of para-hydroxylation sites is 1. The molecule has 0 spiro atoms. The van der Waals surface area contributed by atoms with Gasteiger partial charge in [-0.25, -0.2) is 9.59 Å². The molecule has 2 N–H and O–H groups in total. The van der Waals surface area contributed by atoms with Gasteiger partial charge in [0.1, 0.15) is 0 Å². The van der Waals surface area contributed by atoms with E-state index in [1.54, 1.807) is 22.8 Å². The maximum atomic E-state index is 12.4. The summed E-state index contributed by atoms with van der Waals surface area (Å²) in [4.78, 5) is 29.0. The summed E-state index contributed by atoms with van der Waals surface area (Å²) in [7, 11) is 0. The van der Waals surface area contributed by atoms with Crippen molar-refractivity contribution in [3.63, 3.8) is 0 Å². The van der Waals surface area contributed by atoms with E-state index in [9.17, 15) is 14.7 Å². The molecule has 0 saturated carbocycles. The number of hydrogen-bond acceptors (Lipinski definition) is 3. The Balaban J connectivity index is 1.94. The van der Waals surface area contributed by atoms with Gasteiger partial charge in [0, 0.05) is 6.54 Å². The van der Waals surface area contributed by atoms with Crippen LogP contribution in [-0.2, 0) is 0 Å². The Morgan fingerprint density at radius 3 is 2.67 bits per heavy atom. The van der Waals surface area contributed by atoms with Gasteiger partial charge in [0.25, 0.3) is 0 Å². The van der Waals surface area contributed by atoms with Crippen LogP contribution in [0.1, 0.15) is 29.2 Å². The van der Waals surface area contributed by atoms with Crippen molar-refractivity contribution in [3.05, 3.63) is 34.2 Å². The number of carboxylic acid groups (broad SMARTS) is 1. The van der Waals surface area contributed by atoms with E-state index in [1.165, 1.54) is 0 Å². The van der Waals surface area contributed by atoms with Gasteiger partial charge in [-0.2, -0.15) is 0 Å². The van der Waals surface area contributed by atoms with Crippen LogP contribution in [0.15, 0.2) is 23.0 Å². The molecular formula is C15H17N3O3. The first-order chi connectivity index (χ1) is 10.1. The second-order valence-electron chi connectivity index (χ2n) is 6.01. The maximum Gasteiger partial charge on any atom is 0.337 e. The van der Waals surface area contributed by atoms with Crippen LogP contribution < -0.4 is 5.69 Å². The first kappa shape index (κ1) is 12.6. The molecular weight excluding hydrogens is 270 g/mol. The number of carboxylic acids is 1. The van der Waals surface area contributed by atoms with Gasteiger partial charge in [0.05, 0.1) is 22.6 Å². The Morgan fingerprint density at radius 1 is 1.29 bits per heavy atom. The lowest BCUT2D eigenvalue weighted by atomic mass is 9.84. The van der Waals surface area contributed by atoms with Crippen molar-refractivity contribution in [1.29, 1.82) is 0 Å². The van der Waals surface area contributed by atoms with E-state index < -0.39 is 5.97 Å². The van der Waals surface area contributed by atoms with Crippen molar-refractivity contribution in [2.45, 2.75) is 18.9 Å². The molecule has 2 aromatic rings. The molecule has 4 heterocycles. The molecule has 1 aromatic carbocycles. The number of aromatic nitrogens is 2. The molecule has 0 aliphatic carbocycles. The van der Waals surface area contributed by atoms with Crippen molar-refractivity contribution in [2.75, 3.05) is 19.6 Å². The Morgan fingerprint density at radius 2 is 2.05 bits per heavy atom. The van der Waals surface area contributed by atoms with Crippen molar-refractivity contribution < 1.29 is 9.90 Å². The number of H-pyrrole nitrogens is 1. The van der Waals surface area contributed by atoms with Gasteiger partial charge in [-0.05, 0) is 44.0 Å². The van der Waals surface area contributed by atoms with E-state index in [0.717, 1.165) is 32.5 Å². The Kier molecular flexibility index (Phi) is 2.68. The number of piperidine rings is 3. The number of aromatic amines is 1. The van der Waals surface area contributed by atoms with Gasteiger partial charge in [0.2, 0.25) is 0 Å². The lowest BCUT2D eigenvalue weighted by molar-refractivity contribution is 0.0571. The second kappa shape index (κ2) is 4.46. The fourth-order valence-corrected chi connectivity index (χ4v) is 3.90.